The van der Waals surface area contributed by atoms with Gasteiger partial charge in [-0.25, -0.2) is 0 Å². The average Bonchev–Trinajstić information content (AvgIpc) is 2.98. The van der Waals surface area contributed by atoms with Gasteiger partial charge in [-0.1, -0.05) is 24.3 Å². The molecule has 3 atom stereocenters. The summed E-state index contributed by atoms with van der Waals surface area (Å²) in [6, 6.07) is 7.68. The third-order valence-electron chi connectivity index (χ3n) is 3.93. The number of aliphatic hydroxyl groups excluding tert-OH is 1. The highest BCUT2D eigenvalue weighted by atomic mass is 16.3. The van der Waals surface area contributed by atoms with Crippen molar-refractivity contribution in [1.82, 2.24) is 10.6 Å². The molecular formula is C14H18N2O2. The molecular weight excluding hydrogens is 228 g/mol. The van der Waals surface area contributed by atoms with Gasteiger partial charge in [0.05, 0.1) is 18.1 Å². The van der Waals surface area contributed by atoms with Crippen LogP contribution in [0.4, 0.5) is 0 Å². The number of carbonyl (C=O) groups excluding carboxylic acids is 1. The first-order valence-corrected chi connectivity index (χ1v) is 6.52. The number of amides is 1. The predicted octanol–water partition coefficient (Wildman–Crippen LogP) is 0.370. The summed E-state index contributed by atoms with van der Waals surface area (Å²) in [6.07, 6.45) is 1.01. The molecule has 1 aliphatic heterocycles. The van der Waals surface area contributed by atoms with Gasteiger partial charge in [0.2, 0.25) is 5.91 Å². The lowest BCUT2D eigenvalue weighted by Crippen LogP contribution is -2.38. The van der Waals surface area contributed by atoms with E-state index in [1.54, 1.807) is 0 Å². The van der Waals surface area contributed by atoms with Crippen molar-refractivity contribution in [3.8, 4) is 0 Å². The van der Waals surface area contributed by atoms with Crippen molar-refractivity contribution in [3.63, 3.8) is 0 Å². The maximum Gasteiger partial charge on any atom is 0.225 e. The molecule has 1 heterocycles. The molecule has 0 spiro atoms. The predicted molar refractivity (Wildman–Crippen MR) is 68.0 cm³/mol. The molecule has 1 saturated heterocycles. The minimum atomic E-state index is -0.499. The molecule has 18 heavy (non-hydrogen) atoms. The second-order valence-corrected chi connectivity index (χ2v) is 5.15. The molecule has 0 bridgehead atoms. The Kier molecular flexibility index (Phi) is 3.06. The summed E-state index contributed by atoms with van der Waals surface area (Å²) < 4.78 is 0. The molecule has 0 radical (unpaired) electrons. The fourth-order valence-corrected chi connectivity index (χ4v) is 2.90. The lowest BCUT2D eigenvalue weighted by Gasteiger charge is -2.20. The van der Waals surface area contributed by atoms with Crippen LogP contribution in [-0.2, 0) is 11.2 Å². The van der Waals surface area contributed by atoms with Crippen LogP contribution in [-0.4, -0.2) is 30.2 Å². The molecule has 1 amide bonds. The summed E-state index contributed by atoms with van der Waals surface area (Å²) in [5.74, 6) is 0.103. The zero-order valence-electron chi connectivity index (χ0n) is 10.2. The summed E-state index contributed by atoms with van der Waals surface area (Å²) in [4.78, 5) is 12.1. The number of rotatable bonds is 2. The van der Waals surface area contributed by atoms with Crippen LogP contribution in [0, 0.1) is 5.92 Å². The van der Waals surface area contributed by atoms with E-state index in [9.17, 15) is 9.90 Å². The van der Waals surface area contributed by atoms with Crippen molar-refractivity contribution in [3.05, 3.63) is 35.4 Å². The number of hydrogen-bond donors (Lipinski definition) is 3. The molecule has 1 fully saturated rings. The van der Waals surface area contributed by atoms with Crippen molar-refractivity contribution >= 4 is 5.91 Å². The minimum absolute atomic E-state index is 0.0463. The van der Waals surface area contributed by atoms with E-state index in [-0.39, 0.29) is 17.9 Å². The molecule has 3 N–H and O–H groups in total. The normalized spacial score (nSPS) is 30.2. The summed E-state index contributed by atoms with van der Waals surface area (Å²) in [5.41, 5.74) is 2.20. The summed E-state index contributed by atoms with van der Waals surface area (Å²) in [6.45, 7) is 1.65. The number of nitrogens with one attached hydrogen (secondary N) is 2. The van der Waals surface area contributed by atoms with Gasteiger partial charge >= 0.3 is 0 Å². The fourth-order valence-electron chi connectivity index (χ4n) is 2.90. The first kappa shape index (κ1) is 11.7. The molecule has 1 aliphatic carbocycles. The number of hydrogen-bond acceptors (Lipinski definition) is 3. The van der Waals surface area contributed by atoms with Crippen LogP contribution < -0.4 is 10.6 Å². The van der Waals surface area contributed by atoms with E-state index >= 15 is 0 Å². The number of aliphatic hydroxyl groups is 1. The van der Waals surface area contributed by atoms with Crippen LogP contribution >= 0.6 is 0 Å². The quantitative estimate of drug-likeness (QED) is 0.706. The molecule has 0 saturated carbocycles. The van der Waals surface area contributed by atoms with Gasteiger partial charge in [0.1, 0.15) is 0 Å². The van der Waals surface area contributed by atoms with Gasteiger partial charge in [-0.15, -0.1) is 0 Å². The Balaban J connectivity index is 1.74. The van der Waals surface area contributed by atoms with Gasteiger partial charge in [0.15, 0.2) is 0 Å². The Labute approximate surface area is 106 Å². The Morgan fingerprint density at radius 1 is 1.39 bits per heavy atom. The summed E-state index contributed by atoms with van der Waals surface area (Å²) >= 11 is 0. The van der Waals surface area contributed by atoms with Crippen molar-refractivity contribution in [1.29, 1.82) is 0 Å². The first-order valence-electron chi connectivity index (χ1n) is 6.52. The van der Waals surface area contributed by atoms with Crippen LogP contribution in [0.15, 0.2) is 24.3 Å². The lowest BCUT2D eigenvalue weighted by atomic mass is 10.0. The fraction of sp³-hybridized carbons (Fsp3) is 0.500. The van der Waals surface area contributed by atoms with E-state index in [4.69, 9.17) is 0 Å². The van der Waals surface area contributed by atoms with Crippen molar-refractivity contribution < 1.29 is 9.90 Å². The molecule has 96 valence electrons. The molecule has 2 aliphatic rings. The molecule has 1 aromatic rings. The molecule has 0 aromatic heterocycles. The maximum atomic E-state index is 12.1. The summed E-state index contributed by atoms with van der Waals surface area (Å²) in [7, 11) is 0. The monoisotopic (exact) mass is 246 g/mol. The van der Waals surface area contributed by atoms with Gasteiger partial charge in [-0.2, -0.15) is 0 Å². The van der Waals surface area contributed by atoms with E-state index < -0.39 is 6.10 Å². The van der Waals surface area contributed by atoms with Crippen molar-refractivity contribution in [2.45, 2.75) is 25.0 Å². The van der Waals surface area contributed by atoms with Gasteiger partial charge < -0.3 is 15.7 Å². The van der Waals surface area contributed by atoms with E-state index in [0.29, 0.717) is 6.42 Å². The topological polar surface area (TPSA) is 61.4 Å². The average molecular weight is 246 g/mol. The number of carbonyl (C=O) groups is 1. The van der Waals surface area contributed by atoms with Gasteiger partial charge in [-0.05, 0) is 24.1 Å². The van der Waals surface area contributed by atoms with E-state index in [0.717, 1.165) is 30.6 Å². The van der Waals surface area contributed by atoms with E-state index in [2.05, 4.69) is 10.6 Å². The van der Waals surface area contributed by atoms with Crippen LogP contribution in [0.2, 0.25) is 0 Å². The minimum Gasteiger partial charge on any atom is -0.390 e. The van der Waals surface area contributed by atoms with Gasteiger partial charge in [0.25, 0.3) is 0 Å². The zero-order valence-corrected chi connectivity index (χ0v) is 10.2. The maximum absolute atomic E-state index is 12.1. The smallest absolute Gasteiger partial charge is 0.225 e. The lowest BCUT2D eigenvalue weighted by molar-refractivity contribution is -0.125. The highest BCUT2D eigenvalue weighted by molar-refractivity contribution is 5.80. The van der Waals surface area contributed by atoms with Crippen LogP contribution in [0.5, 0.6) is 0 Å². The second-order valence-electron chi connectivity index (χ2n) is 5.15. The van der Waals surface area contributed by atoms with Crippen molar-refractivity contribution in [2.24, 2.45) is 5.92 Å². The first-order chi connectivity index (χ1) is 8.75. The standard InChI is InChI=1S/C14H18N2O2/c17-12-7-9-3-1-2-4-11(9)13(12)16-14(18)10-5-6-15-8-10/h1-4,10,12-13,15,17H,5-8H2,(H,16,18)/t10?,12-,13+/m0/s1. The number of fused-ring (bicyclic) bond motifs is 1. The Bertz CT molecular complexity index is 455. The molecule has 1 aromatic carbocycles. The van der Waals surface area contributed by atoms with Gasteiger partial charge in [0, 0.05) is 13.0 Å². The second kappa shape index (κ2) is 4.71. The van der Waals surface area contributed by atoms with Crippen molar-refractivity contribution in [2.75, 3.05) is 13.1 Å². The Morgan fingerprint density at radius 3 is 3.00 bits per heavy atom. The molecule has 1 unspecified atom stereocenters. The summed E-state index contributed by atoms with van der Waals surface area (Å²) in [5, 5.41) is 16.3. The van der Waals surface area contributed by atoms with E-state index in [1.165, 1.54) is 0 Å². The van der Waals surface area contributed by atoms with Crippen LogP contribution in [0.25, 0.3) is 0 Å². The van der Waals surface area contributed by atoms with Gasteiger partial charge in [-0.3, -0.25) is 4.79 Å². The molecule has 4 heteroatoms. The third-order valence-corrected chi connectivity index (χ3v) is 3.93. The highest BCUT2D eigenvalue weighted by Crippen LogP contribution is 2.31. The Morgan fingerprint density at radius 2 is 2.22 bits per heavy atom. The number of benzene rings is 1. The SMILES string of the molecule is O=C(N[C@@H]1c2ccccc2C[C@@H]1O)C1CCNC1. The largest absolute Gasteiger partial charge is 0.390 e. The Hall–Kier alpha value is -1.39. The van der Waals surface area contributed by atoms with Crippen LogP contribution in [0.3, 0.4) is 0 Å². The van der Waals surface area contributed by atoms with E-state index in [1.807, 2.05) is 24.3 Å². The zero-order chi connectivity index (χ0) is 12.5. The third kappa shape index (κ3) is 2.02. The van der Waals surface area contributed by atoms with Crippen LogP contribution in [0.1, 0.15) is 23.6 Å². The molecule has 4 nitrogen and oxygen atoms in total. The highest BCUT2D eigenvalue weighted by Gasteiger charge is 2.33. The molecule has 3 rings (SSSR count).